The van der Waals surface area contributed by atoms with Crippen LogP contribution in [0.2, 0.25) is 0 Å². The van der Waals surface area contributed by atoms with Gasteiger partial charge in [-0.3, -0.25) is 0 Å². The molecule has 1 rings (SSSR count). The molecule has 0 bridgehead atoms. The van der Waals surface area contributed by atoms with Crippen molar-refractivity contribution in [1.82, 2.24) is 4.98 Å². The number of pyridine rings is 1. The highest BCUT2D eigenvalue weighted by molar-refractivity contribution is 9.10. The van der Waals surface area contributed by atoms with E-state index in [1.807, 2.05) is 12.1 Å². The van der Waals surface area contributed by atoms with Gasteiger partial charge in [-0.1, -0.05) is 0 Å². The van der Waals surface area contributed by atoms with Crippen LogP contribution in [0.5, 0.6) is 5.88 Å². The Bertz CT molecular complexity index is 242. The fourth-order valence-electron chi connectivity index (χ4n) is 0.730. The van der Waals surface area contributed by atoms with Crippen LogP contribution in [0.15, 0.2) is 22.8 Å². The summed E-state index contributed by atoms with van der Waals surface area (Å²) in [5.41, 5.74) is 5.32. The Morgan fingerprint density at radius 2 is 2.42 bits per heavy atom. The average Bonchev–Trinajstić information content (AvgIpc) is 2.09. The van der Waals surface area contributed by atoms with Gasteiger partial charge in [-0.25, -0.2) is 4.98 Å². The number of hydrogen-bond donors (Lipinski definition) is 1. The van der Waals surface area contributed by atoms with E-state index >= 15 is 0 Å². The summed E-state index contributed by atoms with van der Waals surface area (Å²) in [5, 5.41) is 0. The Balaban J connectivity index is 2.46. The summed E-state index contributed by atoms with van der Waals surface area (Å²) >= 11 is 3.33. The summed E-state index contributed by atoms with van der Waals surface area (Å²) in [6, 6.07) is 3.74. The normalized spacial score (nSPS) is 9.83. The molecule has 0 amide bonds. The Morgan fingerprint density at radius 1 is 1.58 bits per heavy atom. The number of nitrogens with two attached hydrogens (primary N) is 1. The molecule has 0 spiro atoms. The quantitative estimate of drug-likeness (QED) is 0.800. The molecule has 1 aromatic heterocycles. The molecule has 66 valence electrons. The fraction of sp³-hybridized carbons (Fsp3) is 0.375. The van der Waals surface area contributed by atoms with E-state index < -0.39 is 0 Å². The van der Waals surface area contributed by atoms with E-state index in [1.54, 1.807) is 6.20 Å². The lowest BCUT2D eigenvalue weighted by Crippen LogP contribution is -2.06. The Kier molecular flexibility index (Phi) is 4.04. The summed E-state index contributed by atoms with van der Waals surface area (Å²) in [7, 11) is 0. The minimum Gasteiger partial charge on any atom is -0.477 e. The van der Waals surface area contributed by atoms with Gasteiger partial charge in [0.1, 0.15) is 0 Å². The zero-order chi connectivity index (χ0) is 8.81. The van der Waals surface area contributed by atoms with E-state index in [0.29, 0.717) is 19.0 Å². The van der Waals surface area contributed by atoms with Crippen LogP contribution in [-0.4, -0.2) is 18.1 Å². The second-order valence-electron chi connectivity index (χ2n) is 2.28. The van der Waals surface area contributed by atoms with Crippen molar-refractivity contribution in [2.24, 2.45) is 5.73 Å². The first kappa shape index (κ1) is 9.48. The van der Waals surface area contributed by atoms with Gasteiger partial charge in [-0.15, -0.1) is 0 Å². The molecule has 0 radical (unpaired) electrons. The summed E-state index contributed by atoms with van der Waals surface area (Å²) in [4.78, 5) is 4.04. The van der Waals surface area contributed by atoms with Crippen molar-refractivity contribution in [3.05, 3.63) is 22.8 Å². The van der Waals surface area contributed by atoms with Crippen molar-refractivity contribution in [2.75, 3.05) is 13.2 Å². The van der Waals surface area contributed by atoms with Gasteiger partial charge in [0, 0.05) is 6.20 Å². The van der Waals surface area contributed by atoms with Crippen LogP contribution < -0.4 is 10.5 Å². The molecule has 0 atom stereocenters. The lowest BCUT2D eigenvalue weighted by molar-refractivity contribution is 0.299. The molecule has 0 unspecified atom stereocenters. The Labute approximate surface area is 80.1 Å². The van der Waals surface area contributed by atoms with E-state index in [9.17, 15) is 0 Å². The molecule has 0 aliphatic heterocycles. The number of rotatable bonds is 4. The van der Waals surface area contributed by atoms with Crippen molar-refractivity contribution in [1.29, 1.82) is 0 Å². The van der Waals surface area contributed by atoms with Crippen molar-refractivity contribution in [3.8, 4) is 5.88 Å². The maximum absolute atomic E-state index is 5.34. The van der Waals surface area contributed by atoms with E-state index in [4.69, 9.17) is 10.5 Å². The molecule has 4 heteroatoms. The maximum Gasteiger partial charge on any atom is 0.227 e. The third kappa shape index (κ3) is 2.79. The molecule has 1 heterocycles. The monoisotopic (exact) mass is 230 g/mol. The third-order valence-corrected chi connectivity index (χ3v) is 1.92. The predicted octanol–water partition coefficient (Wildman–Crippen LogP) is 1.57. The molecular weight excluding hydrogens is 220 g/mol. The smallest absolute Gasteiger partial charge is 0.227 e. The topological polar surface area (TPSA) is 48.1 Å². The standard InChI is InChI=1S/C8H11BrN2O/c9-7-3-1-5-11-8(7)12-6-2-4-10/h1,3,5H,2,4,6,10H2. The predicted molar refractivity (Wildman–Crippen MR) is 51.1 cm³/mol. The van der Waals surface area contributed by atoms with Gasteiger partial charge in [-0.2, -0.15) is 0 Å². The van der Waals surface area contributed by atoms with Crippen LogP contribution >= 0.6 is 15.9 Å². The lowest BCUT2D eigenvalue weighted by Gasteiger charge is -2.04. The Morgan fingerprint density at radius 3 is 3.08 bits per heavy atom. The molecule has 0 aliphatic carbocycles. The third-order valence-electron chi connectivity index (χ3n) is 1.31. The zero-order valence-corrected chi connectivity index (χ0v) is 8.25. The first-order chi connectivity index (χ1) is 5.84. The number of nitrogens with zero attached hydrogens (tertiary/aromatic N) is 1. The first-order valence-electron chi connectivity index (χ1n) is 3.78. The van der Waals surface area contributed by atoms with Gasteiger partial charge < -0.3 is 10.5 Å². The van der Waals surface area contributed by atoms with Gasteiger partial charge in [0.05, 0.1) is 11.1 Å². The van der Waals surface area contributed by atoms with Crippen LogP contribution in [-0.2, 0) is 0 Å². The van der Waals surface area contributed by atoms with Crippen LogP contribution in [0.3, 0.4) is 0 Å². The SMILES string of the molecule is NCCCOc1ncccc1Br. The lowest BCUT2D eigenvalue weighted by atomic mass is 10.4. The molecule has 2 N–H and O–H groups in total. The van der Waals surface area contributed by atoms with Gasteiger partial charge in [-0.05, 0) is 41.0 Å². The van der Waals surface area contributed by atoms with Crippen molar-refractivity contribution in [3.63, 3.8) is 0 Å². The molecule has 0 saturated heterocycles. The van der Waals surface area contributed by atoms with E-state index in [1.165, 1.54) is 0 Å². The van der Waals surface area contributed by atoms with E-state index in [0.717, 1.165) is 10.9 Å². The van der Waals surface area contributed by atoms with Gasteiger partial charge in [0.2, 0.25) is 5.88 Å². The highest BCUT2D eigenvalue weighted by Crippen LogP contribution is 2.20. The second-order valence-corrected chi connectivity index (χ2v) is 3.14. The summed E-state index contributed by atoms with van der Waals surface area (Å²) in [6.07, 6.45) is 2.55. The molecule has 3 nitrogen and oxygen atoms in total. The minimum absolute atomic E-state index is 0.617. The van der Waals surface area contributed by atoms with Crippen molar-refractivity contribution >= 4 is 15.9 Å². The zero-order valence-electron chi connectivity index (χ0n) is 6.66. The summed E-state index contributed by atoms with van der Waals surface area (Å²) < 4.78 is 6.22. The fourth-order valence-corrected chi connectivity index (χ4v) is 1.10. The molecule has 0 aliphatic rings. The Hall–Kier alpha value is -0.610. The number of hydrogen-bond acceptors (Lipinski definition) is 3. The molecular formula is C8H11BrN2O. The van der Waals surface area contributed by atoms with Gasteiger partial charge in [0.15, 0.2) is 0 Å². The van der Waals surface area contributed by atoms with Crippen LogP contribution in [0.4, 0.5) is 0 Å². The van der Waals surface area contributed by atoms with E-state index in [2.05, 4.69) is 20.9 Å². The highest BCUT2D eigenvalue weighted by atomic mass is 79.9. The molecule has 0 saturated carbocycles. The molecule has 0 fully saturated rings. The summed E-state index contributed by atoms with van der Waals surface area (Å²) in [5.74, 6) is 0.631. The van der Waals surface area contributed by atoms with Crippen LogP contribution in [0.25, 0.3) is 0 Å². The van der Waals surface area contributed by atoms with Gasteiger partial charge in [0.25, 0.3) is 0 Å². The van der Waals surface area contributed by atoms with Crippen molar-refractivity contribution < 1.29 is 4.74 Å². The maximum atomic E-state index is 5.34. The van der Waals surface area contributed by atoms with Crippen LogP contribution in [0.1, 0.15) is 6.42 Å². The first-order valence-corrected chi connectivity index (χ1v) is 4.57. The summed E-state index contributed by atoms with van der Waals surface area (Å²) in [6.45, 7) is 1.26. The average molecular weight is 231 g/mol. The number of aromatic nitrogens is 1. The highest BCUT2D eigenvalue weighted by Gasteiger charge is 1.98. The number of ether oxygens (including phenoxy) is 1. The molecule has 1 aromatic rings. The minimum atomic E-state index is 0.617. The second kappa shape index (κ2) is 5.11. The molecule has 12 heavy (non-hydrogen) atoms. The van der Waals surface area contributed by atoms with E-state index in [-0.39, 0.29) is 0 Å². The largest absolute Gasteiger partial charge is 0.477 e. The molecule has 0 aromatic carbocycles. The van der Waals surface area contributed by atoms with Crippen molar-refractivity contribution in [2.45, 2.75) is 6.42 Å². The number of halogens is 1. The van der Waals surface area contributed by atoms with Gasteiger partial charge >= 0.3 is 0 Å². The van der Waals surface area contributed by atoms with Crippen LogP contribution in [0, 0.1) is 0 Å².